The van der Waals surface area contributed by atoms with Gasteiger partial charge in [0.05, 0.1) is 12.1 Å². The lowest BCUT2D eigenvalue weighted by atomic mass is 10.0. The van der Waals surface area contributed by atoms with Gasteiger partial charge in [0, 0.05) is 17.7 Å². The summed E-state index contributed by atoms with van der Waals surface area (Å²) in [7, 11) is 1.94. The van der Waals surface area contributed by atoms with Crippen LogP contribution in [0.1, 0.15) is 19.4 Å². The Morgan fingerprint density at radius 1 is 1.53 bits per heavy atom. The quantitative estimate of drug-likeness (QED) is 0.918. The van der Waals surface area contributed by atoms with Crippen molar-refractivity contribution in [1.29, 1.82) is 0 Å². The fourth-order valence-corrected chi connectivity index (χ4v) is 1.72. The molecule has 0 unspecified atom stereocenters. The van der Waals surface area contributed by atoms with Crippen LogP contribution >= 0.6 is 15.9 Å². The molecule has 0 aliphatic rings. The van der Waals surface area contributed by atoms with Gasteiger partial charge in [-0.1, -0.05) is 0 Å². The number of pyridine rings is 1. The summed E-state index contributed by atoms with van der Waals surface area (Å²) in [6.45, 7) is 6.07. The van der Waals surface area contributed by atoms with Crippen LogP contribution in [-0.2, 0) is 0 Å². The molecule has 0 fully saturated rings. The Kier molecular flexibility index (Phi) is 3.73. The second-order valence-electron chi connectivity index (χ2n) is 4.32. The van der Waals surface area contributed by atoms with Gasteiger partial charge in [0.2, 0.25) is 0 Å². The first-order valence-electron chi connectivity index (χ1n) is 4.85. The predicted molar refractivity (Wildman–Crippen MR) is 66.2 cm³/mol. The van der Waals surface area contributed by atoms with Gasteiger partial charge in [-0.15, -0.1) is 0 Å². The molecule has 0 radical (unpaired) electrons. The smallest absolute Gasteiger partial charge is 0.131 e. The van der Waals surface area contributed by atoms with Crippen LogP contribution in [0.2, 0.25) is 0 Å². The summed E-state index contributed by atoms with van der Waals surface area (Å²) in [4.78, 5) is 6.35. The Labute approximate surface area is 99.3 Å². The van der Waals surface area contributed by atoms with Crippen LogP contribution in [-0.4, -0.2) is 29.3 Å². The Hall–Kier alpha value is -0.610. The van der Waals surface area contributed by atoms with Gasteiger partial charge in [-0.05, 0) is 48.3 Å². The van der Waals surface area contributed by atoms with Crippen molar-refractivity contribution in [3.8, 4) is 0 Å². The lowest BCUT2D eigenvalue weighted by Gasteiger charge is -2.35. The highest BCUT2D eigenvalue weighted by atomic mass is 79.9. The topological polar surface area (TPSA) is 36.4 Å². The van der Waals surface area contributed by atoms with Crippen molar-refractivity contribution in [2.24, 2.45) is 0 Å². The molecule has 3 nitrogen and oxygen atoms in total. The maximum absolute atomic E-state index is 9.29. The zero-order chi connectivity index (χ0) is 11.6. The lowest BCUT2D eigenvalue weighted by Crippen LogP contribution is -2.45. The van der Waals surface area contributed by atoms with E-state index in [0.29, 0.717) is 0 Å². The summed E-state index contributed by atoms with van der Waals surface area (Å²) in [6.07, 6.45) is 1.77. The van der Waals surface area contributed by atoms with Crippen molar-refractivity contribution >= 4 is 21.7 Å². The molecule has 0 amide bonds. The van der Waals surface area contributed by atoms with Crippen LogP contribution in [0.5, 0.6) is 0 Å². The maximum atomic E-state index is 9.29. The molecule has 0 aromatic carbocycles. The number of hydrogen-bond acceptors (Lipinski definition) is 3. The van der Waals surface area contributed by atoms with E-state index in [0.717, 1.165) is 15.9 Å². The summed E-state index contributed by atoms with van der Waals surface area (Å²) in [5.74, 6) is 0.900. The summed E-state index contributed by atoms with van der Waals surface area (Å²) < 4.78 is 0.971. The Morgan fingerprint density at radius 3 is 2.60 bits per heavy atom. The SMILES string of the molecule is Cc1cc(Br)cnc1N(C)C(C)(C)CO. The van der Waals surface area contributed by atoms with E-state index in [9.17, 15) is 5.11 Å². The van der Waals surface area contributed by atoms with E-state index in [-0.39, 0.29) is 12.1 Å². The van der Waals surface area contributed by atoms with Gasteiger partial charge in [0.25, 0.3) is 0 Å². The molecule has 0 bridgehead atoms. The molecule has 0 atom stereocenters. The molecule has 15 heavy (non-hydrogen) atoms. The number of rotatable bonds is 3. The standard InChI is InChI=1S/C11H17BrN2O/c1-8-5-9(12)6-13-10(8)14(4)11(2,3)7-15/h5-6,15H,7H2,1-4H3. The van der Waals surface area contributed by atoms with Crippen molar-refractivity contribution in [2.75, 3.05) is 18.6 Å². The third-order valence-corrected chi connectivity index (χ3v) is 3.06. The molecule has 1 aromatic rings. The Bertz CT molecular complexity index is 352. The first kappa shape index (κ1) is 12.5. The molecular weight excluding hydrogens is 256 g/mol. The number of aromatic nitrogens is 1. The molecule has 1 aromatic heterocycles. The number of aryl methyl sites for hydroxylation is 1. The first-order valence-corrected chi connectivity index (χ1v) is 5.64. The second-order valence-corrected chi connectivity index (χ2v) is 5.24. The minimum absolute atomic E-state index is 0.0979. The number of hydrogen-bond donors (Lipinski definition) is 1. The third kappa shape index (κ3) is 2.69. The lowest BCUT2D eigenvalue weighted by molar-refractivity contribution is 0.215. The van der Waals surface area contributed by atoms with E-state index < -0.39 is 0 Å². The van der Waals surface area contributed by atoms with Crippen LogP contribution in [0, 0.1) is 6.92 Å². The molecule has 4 heteroatoms. The van der Waals surface area contributed by atoms with Crippen LogP contribution in [0.4, 0.5) is 5.82 Å². The monoisotopic (exact) mass is 272 g/mol. The van der Waals surface area contributed by atoms with Crippen molar-refractivity contribution in [2.45, 2.75) is 26.3 Å². The minimum Gasteiger partial charge on any atom is -0.394 e. The predicted octanol–water partition coefficient (Wildman–Crippen LogP) is 2.36. The fourth-order valence-electron chi connectivity index (χ4n) is 1.28. The molecule has 0 saturated heterocycles. The van der Waals surface area contributed by atoms with Crippen molar-refractivity contribution in [3.05, 3.63) is 22.3 Å². The Balaban J connectivity index is 3.06. The van der Waals surface area contributed by atoms with Gasteiger partial charge < -0.3 is 10.0 Å². The Morgan fingerprint density at radius 2 is 2.13 bits per heavy atom. The van der Waals surface area contributed by atoms with E-state index in [1.54, 1.807) is 6.20 Å². The molecule has 0 aliphatic carbocycles. The van der Waals surface area contributed by atoms with E-state index in [4.69, 9.17) is 0 Å². The number of halogens is 1. The second kappa shape index (κ2) is 4.49. The molecule has 84 valence electrons. The molecule has 0 aliphatic heterocycles. The van der Waals surface area contributed by atoms with Crippen LogP contribution in [0.15, 0.2) is 16.7 Å². The van der Waals surface area contributed by atoms with E-state index in [2.05, 4.69) is 20.9 Å². The fraction of sp³-hybridized carbons (Fsp3) is 0.545. The number of nitrogens with zero attached hydrogens (tertiary/aromatic N) is 2. The largest absolute Gasteiger partial charge is 0.394 e. The number of likely N-dealkylation sites (N-methyl/N-ethyl adjacent to an activating group) is 1. The van der Waals surface area contributed by atoms with Gasteiger partial charge >= 0.3 is 0 Å². The molecular formula is C11H17BrN2O. The number of anilines is 1. The average molecular weight is 273 g/mol. The average Bonchev–Trinajstić information content (AvgIpc) is 2.17. The minimum atomic E-state index is -0.300. The van der Waals surface area contributed by atoms with Crippen molar-refractivity contribution in [3.63, 3.8) is 0 Å². The number of aliphatic hydroxyl groups is 1. The van der Waals surface area contributed by atoms with Crippen LogP contribution in [0.25, 0.3) is 0 Å². The molecule has 1 heterocycles. The summed E-state index contributed by atoms with van der Waals surface area (Å²) in [5.41, 5.74) is 0.791. The van der Waals surface area contributed by atoms with Crippen LogP contribution < -0.4 is 4.90 Å². The summed E-state index contributed by atoms with van der Waals surface area (Å²) in [5, 5.41) is 9.29. The highest BCUT2D eigenvalue weighted by Crippen LogP contribution is 2.25. The summed E-state index contributed by atoms with van der Waals surface area (Å²) >= 11 is 3.38. The maximum Gasteiger partial charge on any atom is 0.131 e. The summed E-state index contributed by atoms with van der Waals surface area (Å²) in [6, 6.07) is 2.02. The molecule has 1 N–H and O–H groups in total. The zero-order valence-corrected chi connectivity index (χ0v) is 11.2. The van der Waals surface area contributed by atoms with Gasteiger partial charge in [-0.3, -0.25) is 0 Å². The van der Waals surface area contributed by atoms with Crippen molar-refractivity contribution < 1.29 is 5.11 Å². The van der Waals surface area contributed by atoms with Gasteiger partial charge in [0.1, 0.15) is 5.82 Å². The van der Waals surface area contributed by atoms with E-state index in [1.165, 1.54) is 0 Å². The first-order chi connectivity index (χ1) is 6.88. The van der Waals surface area contributed by atoms with Gasteiger partial charge in [-0.25, -0.2) is 4.98 Å². The molecule has 0 saturated carbocycles. The van der Waals surface area contributed by atoms with Gasteiger partial charge in [-0.2, -0.15) is 0 Å². The van der Waals surface area contributed by atoms with Crippen molar-refractivity contribution in [1.82, 2.24) is 4.98 Å². The highest BCUT2D eigenvalue weighted by molar-refractivity contribution is 9.10. The van der Waals surface area contributed by atoms with E-state index in [1.807, 2.05) is 38.8 Å². The van der Waals surface area contributed by atoms with E-state index >= 15 is 0 Å². The van der Waals surface area contributed by atoms with Crippen LogP contribution in [0.3, 0.4) is 0 Å². The normalized spacial score (nSPS) is 11.6. The van der Waals surface area contributed by atoms with Gasteiger partial charge in [0.15, 0.2) is 0 Å². The highest BCUT2D eigenvalue weighted by Gasteiger charge is 2.24. The zero-order valence-electron chi connectivity index (χ0n) is 9.58. The third-order valence-electron chi connectivity index (χ3n) is 2.63. The number of aliphatic hydroxyl groups excluding tert-OH is 1. The molecule has 0 spiro atoms. The molecule has 1 rings (SSSR count).